The van der Waals surface area contributed by atoms with Gasteiger partial charge in [-0.25, -0.2) is 0 Å². The Morgan fingerprint density at radius 1 is 1.09 bits per heavy atom. The van der Waals surface area contributed by atoms with E-state index in [2.05, 4.69) is 11.4 Å². The summed E-state index contributed by atoms with van der Waals surface area (Å²) in [5.41, 5.74) is 1.39. The van der Waals surface area contributed by atoms with Gasteiger partial charge in [0, 0.05) is 29.9 Å². The number of hydrogen-bond acceptors (Lipinski definition) is 3. The molecular weight excluding hydrogens is 308 g/mol. The third-order valence-corrected chi connectivity index (χ3v) is 6.52. The van der Waals surface area contributed by atoms with Gasteiger partial charge in [-0.2, -0.15) is 0 Å². The number of aryl methyl sites for hydroxylation is 2. The minimum Gasteiger partial charge on any atom is -0.348 e. The van der Waals surface area contributed by atoms with Gasteiger partial charge in [-0.3, -0.25) is 9.59 Å². The van der Waals surface area contributed by atoms with Crippen LogP contribution < -0.4 is 5.32 Å². The largest absolute Gasteiger partial charge is 0.348 e. The lowest BCUT2D eigenvalue weighted by atomic mass is 9.99. The molecule has 2 heterocycles. The van der Waals surface area contributed by atoms with Crippen molar-refractivity contribution in [2.24, 2.45) is 5.92 Å². The number of carbonyl (C=O) groups is 2. The van der Waals surface area contributed by atoms with Crippen molar-refractivity contribution in [1.29, 1.82) is 0 Å². The molecule has 3 aliphatic rings. The van der Waals surface area contributed by atoms with Gasteiger partial charge in [0.1, 0.15) is 0 Å². The van der Waals surface area contributed by atoms with Crippen molar-refractivity contribution in [3.05, 3.63) is 21.4 Å². The van der Waals surface area contributed by atoms with Gasteiger partial charge < -0.3 is 10.2 Å². The molecule has 0 atom stereocenters. The summed E-state index contributed by atoms with van der Waals surface area (Å²) in [6.07, 6.45) is 8.66. The van der Waals surface area contributed by atoms with Crippen LogP contribution in [0, 0.1) is 5.92 Å². The van der Waals surface area contributed by atoms with Crippen LogP contribution in [0.25, 0.3) is 0 Å². The molecule has 1 N–H and O–H groups in total. The fourth-order valence-corrected chi connectivity index (χ4v) is 4.85. The Kier molecular flexibility index (Phi) is 4.14. The first-order valence-corrected chi connectivity index (χ1v) is 9.73. The molecule has 5 heteroatoms. The van der Waals surface area contributed by atoms with Crippen LogP contribution in [0.1, 0.15) is 58.6 Å². The first-order chi connectivity index (χ1) is 11.2. The second-order valence-corrected chi connectivity index (χ2v) is 8.25. The van der Waals surface area contributed by atoms with E-state index in [-0.39, 0.29) is 11.9 Å². The average molecular weight is 332 g/mol. The molecule has 4 nitrogen and oxygen atoms in total. The van der Waals surface area contributed by atoms with Gasteiger partial charge in [0.25, 0.3) is 5.91 Å². The molecule has 0 unspecified atom stereocenters. The molecule has 2 fully saturated rings. The Morgan fingerprint density at radius 2 is 1.83 bits per heavy atom. The van der Waals surface area contributed by atoms with Crippen molar-refractivity contribution < 1.29 is 9.59 Å². The van der Waals surface area contributed by atoms with Crippen LogP contribution in [-0.4, -0.2) is 35.8 Å². The summed E-state index contributed by atoms with van der Waals surface area (Å²) in [6, 6.07) is 2.31. The van der Waals surface area contributed by atoms with E-state index in [0.29, 0.717) is 11.8 Å². The molecule has 1 aromatic heterocycles. The third-order valence-electron chi connectivity index (χ3n) is 5.29. The molecule has 2 aliphatic carbocycles. The number of piperidine rings is 1. The van der Waals surface area contributed by atoms with Crippen molar-refractivity contribution in [3.63, 3.8) is 0 Å². The molecule has 0 spiro atoms. The minimum absolute atomic E-state index is 0.0800. The monoisotopic (exact) mass is 332 g/mol. The number of likely N-dealkylation sites (tertiary alicyclic amines) is 1. The topological polar surface area (TPSA) is 49.4 Å². The number of nitrogens with zero attached hydrogens (tertiary/aromatic N) is 1. The summed E-state index contributed by atoms with van der Waals surface area (Å²) >= 11 is 1.67. The average Bonchev–Trinajstić information content (AvgIpc) is 3.33. The highest BCUT2D eigenvalue weighted by molar-refractivity contribution is 7.14. The van der Waals surface area contributed by atoms with Gasteiger partial charge >= 0.3 is 0 Å². The molecule has 1 aromatic rings. The fourth-order valence-electron chi connectivity index (χ4n) is 3.69. The van der Waals surface area contributed by atoms with Gasteiger partial charge in [0.2, 0.25) is 5.91 Å². The van der Waals surface area contributed by atoms with Crippen LogP contribution in [0.4, 0.5) is 0 Å². The van der Waals surface area contributed by atoms with E-state index in [1.165, 1.54) is 23.3 Å². The maximum absolute atomic E-state index is 12.5. The number of hydrogen-bond donors (Lipinski definition) is 1. The standard InChI is InChI=1S/C18H24N2O2S/c21-17(16-11-13-3-1-2-4-15(13)23-16)19-14-7-9-20(10-8-14)18(22)12-5-6-12/h11-12,14H,1-10H2,(H,19,21). The molecule has 124 valence electrons. The van der Waals surface area contributed by atoms with E-state index in [4.69, 9.17) is 0 Å². The Bertz CT molecular complexity index is 589. The number of thiophene rings is 1. The highest BCUT2D eigenvalue weighted by Gasteiger charge is 2.35. The van der Waals surface area contributed by atoms with Crippen molar-refractivity contribution in [1.82, 2.24) is 10.2 Å². The Hall–Kier alpha value is -1.36. The number of fused-ring (bicyclic) bond motifs is 1. The van der Waals surface area contributed by atoms with Gasteiger partial charge in [0.05, 0.1) is 4.88 Å². The smallest absolute Gasteiger partial charge is 0.261 e. The summed E-state index contributed by atoms with van der Waals surface area (Å²) in [7, 11) is 0. The summed E-state index contributed by atoms with van der Waals surface area (Å²) in [6.45, 7) is 1.59. The highest BCUT2D eigenvalue weighted by Crippen LogP contribution is 2.32. The molecule has 0 aromatic carbocycles. The summed E-state index contributed by atoms with van der Waals surface area (Å²) in [5.74, 6) is 0.718. The lowest BCUT2D eigenvalue weighted by Gasteiger charge is -2.32. The minimum atomic E-state index is 0.0800. The van der Waals surface area contributed by atoms with Crippen molar-refractivity contribution in [2.75, 3.05) is 13.1 Å². The normalized spacial score (nSPS) is 21.8. The molecular formula is C18H24N2O2S. The Labute approximate surface area is 141 Å². The van der Waals surface area contributed by atoms with Gasteiger partial charge in [-0.15, -0.1) is 11.3 Å². The summed E-state index contributed by atoms with van der Waals surface area (Å²) < 4.78 is 0. The van der Waals surface area contributed by atoms with Crippen molar-refractivity contribution in [2.45, 2.75) is 57.4 Å². The van der Waals surface area contributed by atoms with E-state index in [1.807, 2.05) is 4.90 Å². The second kappa shape index (κ2) is 6.27. The van der Waals surface area contributed by atoms with E-state index in [1.54, 1.807) is 11.3 Å². The second-order valence-electron chi connectivity index (χ2n) is 7.11. The van der Waals surface area contributed by atoms with Crippen LogP contribution >= 0.6 is 11.3 Å². The third kappa shape index (κ3) is 3.30. The zero-order chi connectivity index (χ0) is 15.8. The molecule has 1 aliphatic heterocycles. The molecule has 0 bridgehead atoms. The lowest BCUT2D eigenvalue weighted by Crippen LogP contribution is -2.46. The molecule has 2 amide bonds. The zero-order valence-electron chi connectivity index (χ0n) is 13.5. The van der Waals surface area contributed by atoms with Crippen LogP contribution in [-0.2, 0) is 17.6 Å². The molecule has 0 radical (unpaired) electrons. The predicted molar refractivity (Wildman–Crippen MR) is 90.8 cm³/mol. The first-order valence-electron chi connectivity index (χ1n) is 8.92. The molecule has 1 saturated heterocycles. The maximum atomic E-state index is 12.5. The lowest BCUT2D eigenvalue weighted by molar-refractivity contribution is -0.133. The highest BCUT2D eigenvalue weighted by atomic mass is 32.1. The number of amides is 2. The van der Waals surface area contributed by atoms with Gasteiger partial charge in [-0.05, 0) is 63.0 Å². The Morgan fingerprint density at radius 3 is 2.52 bits per heavy atom. The van der Waals surface area contributed by atoms with Crippen molar-refractivity contribution >= 4 is 23.2 Å². The maximum Gasteiger partial charge on any atom is 0.261 e. The summed E-state index contributed by atoms with van der Waals surface area (Å²) in [4.78, 5) is 28.8. The fraction of sp³-hybridized carbons (Fsp3) is 0.667. The summed E-state index contributed by atoms with van der Waals surface area (Å²) in [5, 5.41) is 3.18. The molecule has 23 heavy (non-hydrogen) atoms. The first kappa shape index (κ1) is 15.2. The molecule has 1 saturated carbocycles. The van der Waals surface area contributed by atoms with Crippen molar-refractivity contribution in [3.8, 4) is 0 Å². The quantitative estimate of drug-likeness (QED) is 0.925. The van der Waals surface area contributed by atoms with Gasteiger partial charge in [-0.1, -0.05) is 0 Å². The van der Waals surface area contributed by atoms with E-state index < -0.39 is 0 Å². The van der Waals surface area contributed by atoms with E-state index in [0.717, 1.165) is 56.5 Å². The van der Waals surface area contributed by atoms with E-state index in [9.17, 15) is 9.59 Å². The van der Waals surface area contributed by atoms with E-state index >= 15 is 0 Å². The SMILES string of the molecule is O=C(NC1CCN(C(=O)C2CC2)CC1)c1cc2c(s1)CCCC2. The van der Waals surface area contributed by atoms with Crippen LogP contribution in [0.2, 0.25) is 0 Å². The number of carbonyl (C=O) groups excluding carboxylic acids is 2. The van der Waals surface area contributed by atoms with Crippen LogP contribution in [0.3, 0.4) is 0 Å². The number of rotatable bonds is 3. The zero-order valence-corrected chi connectivity index (χ0v) is 14.3. The predicted octanol–water partition coefficient (Wildman–Crippen LogP) is 2.76. The molecule has 4 rings (SSSR count). The van der Waals surface area contributed by atoms with Gasteiger partial charge in [0.15, 0.2) is 0 Å². The van der Waals surface area contributed by atoms with Crippen LogP contribution in [0.5, 0.6) is 0 Å². The van der Waals surface area contributed by atoms with Crippen LogP contribution in [0.15, 0.2) is 6.07 Å². The Balaban J connectivity index is 1.31. The number of nitrogens with one attached hydrogen (secondary N) is 1.